The molecule has 1 atom stereocenters. The lowest BCUT2D eigenvalue weighted by Crippen LogP contribution is -2.30. The van der Waals surface area contributed by atoms with Crippen molar-refractivity contribution in [2.75, 3.05) is 5.32 Å². The van der Waals surface area contributed by atoms with Crippen molar-refractivity contribution in [3.8, 4) is 5.75 Å². The number of hydrogen-bond acceptors (Lipinski definition) is 3. The Bertz CT molecular complexity index is 845. The van der Waals surface area contributed by atoms with Crippen molar-refractivity contribution in [3.63, 3.8) is 0 Å². The van der Waals surface area contributed by atoms with E-state index in [4.69, 9.17) is 4.74 Å². The van der Waals surface area contributed by atoms with Crippen molar-refractivity contribution >= 4 is 22.5 Å². The van der Waals surface area contributed by atoms with Gasteiger partial charge in [-0.25, -0.2) is 0 Å². The van der Waals surface area contributed by atoms with Crippen LogP contribution in [-0.4, -0.2) is 17.0 Å². The molecule has 4 nitrogen and oxygen atoms in total. The molecule has 0 aliphatic heterocycles. The molecule has 0 fully saturated rings. The van der Waals surface area contributed by atoms with E-state index in [1.165, 1.54) is 0 Å². The van der Waals surface area contributed by atoms with Gasteiger partial charge in [-0.1, -0.05) is 30.3 Å². The number of nitrogens with one attached hydrogen (secondary N) is 1. The zero-order chi connectivity index (χ0) is 16.2. The molecule has 0 saturated heterocycles. The van der Waals surface area contributed by atoms with Crippen molar-refractivity contribution in [1.82, 2.24) is 4.98 Å². The van der Waals surface area contributed by atoms with E-state index in [2.05, 4.69) is 10.3 Å². The molecule has 0 radical (unpaired) electrons. The Balaban J connectivity index is 1.69. The second-order valence-corrected chi connectivity index (χ2v) is 5.48. The molecule has 1 unspecified atom stereocenters. The molecule has 1 N–H and O–H groups in total. The maximum absolute atomic E-state index is 12.3. The Morgan fingerprint density at radius 1 is 1.13 bits per heavy atom. The molecule has 4 heteroatoms. The number of para-hydroxylation sites is 1. The molecule has 0 saturated carbocycles. The van der Waals surface area contributed by atoms with Crippen LogP contribution in [0, 0.1) is 6.92 Å². The van der Waals surface area contributed by atoms with Gasteiger partial charge in [0.05, 0.1) is 17.4 Å². The molecular weight excluding hydrogens is 288 g/mol. The molecule has 1 aromatic heterocycles. The minimum absolute atomic E-state index is 0.205. The second kappa shape index (κ2) is 6.48. The van der Waals surface area contributed by atoms with Crippen LogP contribution in [-0.2, 0) is 4.79 Å². The van der Waals surface area contributed by atoms with E-state index in [9.17, 15) is 4.79 Å². The SMILES string of the molecule is Cc1cccc(OC(C)C(=O)Nc2cnc3ccccc3c2)c1. The first kappa shape index (κ1) is 15.0. The lowest BCUT2D eigenvalue weighted by molar-refractivity contribution is -0.122. The molecule has 0 aliphatic carbocycles. The Labute approximate surface area is 135 Å². The Kier molecular flexibility index (Phi) is 4.24. The van der Waals surface area contributed by atoms with Gasteiger partial charge in [-0.05, 0) is 43.7 Å². The van der Waals surface area contributed by atoms with Crippen molar-refractivity contribution in [1.29, 1.82) is 0 Å². The molecule has 2 aromatic carbocycles. The van der Waals surface area contributed by atoms with Gasteiger partial charge in [-0.15, -0.1) is 0 Å². The average Bonchev–Trinajstić information content (AvgIpc) is 2.54. The molecule has 23 heavy (non-hydrogen) atoms. The number of nitrogens with zero attached hydrogens (tertiary/aromatic N) is 1. The number of aryl methyl sites for hydroxylation is 1. The van der Waals surface area contributed by atoms with Crippen LogP contribution in [0.3, 0.4) is 0 Å². The van der Waals surface area contributed by atoms with Crippen molar-refractivity contribution in [2.24, 2.45) is 0 Å². The summed E-state index contributed by atoms with van der Waals surface area (Å²) in [6.07, 6.45) is 1.06. The summed E-state index contributed by atoms with van der Waals surface area (Å²) in [5.41, 5.74) is 2.65. The molecule has 1 heterocycles. The lowest BCUT2D eigenvalue weighted by Gasteiger charge is -2.15. The number of pyridine rings is 1. The summed E-state index contributed by atoms with van der Waals surface area (Å²) in [6, 6.07) is 17.3. The molecule has 1 amide bonds. The van der Waals surface area contributed by atoms with Gasteiger partial charge in [0.1, 0.15) is 5.75 Å². The maximum Gasteiger partial charge on any atom is 0.265 e. The predicted octanol–water partition coefficient (Wildman–Crippen LogP) is 3.95. The Hall–Kier alpha value is -2.88. The Morgan fingerprint density at radius 2 is 1.96 bits per heavy atom. The number of hydrogen-bond donors (Lipinski definition) is 1. The molecular formula is C19H18N2O2. The zero-order valence-corrected chi connectivity index (χ0v) is 13.1. The summed E-state index contributed by atoms with van der Waals surface area (Å²) in [4.78, 5) is 16.6. The van der Waals surface area contributed by atoms with Crippen LogP contribution in [0.4, 0.5) is 5.69 Å². The summed E-state index contributed by atoms with van der Waals surface area (Å²) in [5, 5.41) is 3.83. The van der Waals surface area contributed by atoms with E-state index in [0.29, 0.717) is 11.4 Å². The van der Waals surface area contributed by atoms with Crippen LogP contribution in [0.5, 0.6) is 5.75 Å². The molecule has 3 aromatic rings. The van der Waals surface area contributed by atoms with E-state index in [1.54, 1.807) is 13.1 Å². The maximum atomic E-state index is 12.3. The largest absolute Gasteiger partial charge is 0.481 e. The number of fused-ring (bicyclic) bond motifs is 1. The van der Waals surface area contributed by atoms with Crippen LogP contribution in [0.2, 0.25) is 0 Å². The highest BCUT2D eigenvalue weighted by atomic mass is 16.5. The minimum atomic E-state index is -0.594. The third kappa shape index (κ3) is 3.66. The van der Waals surface area contributed by atoms with E-state index in [1.807, 2.05) is 61.5 Å². The van der Waals surface area contributed by atoms with Crippen molar-refractivity contribution in [3.05, 3.63) is 66.4 Å². The van der Waals surface area contributed by atoms with Crippen LogP contribution < -0.4 is 10.1 Å². The molecule has 0 aliphatic rings. The first-order valence-corrected chi connectivity index (χ1v) is 7.51. The number of ether oxygens (including phenoxy) is 1. The van der Waals surface area contributed by atoms with Crippen LogP contribution in [0.25, 0.3) is 10.9 Å². The quantitative estimate of drug-likeness (QED) is 0.794. The van der Waals surface area contributed by atoms with Gasteiger partial charge in [0.25, 0.3) is 5.91 Å². The highest BCUT2D eigenvalue weighted by molar-refractivity contribution is 5.95. The first-order valence-electron chi connectivity index (χ1n) is 7.51. The van der Waals surface area contributed by atoms with Crippen molar-refractivity contribution < 1.29 is 9.53 Å². The molecule has 0 spiro atoms. The molecule has 0 bridgehead atoms. The summed E-state index contributed by atoms with van der Waals surface area (Å²) >= 11 is 0. The second-order valence-electron chi connectivity index (χ2n) is 5.48. The first-order chi connectivity index (χ1) is 11.1. The van der Waals surface area contributed by atoms with Gasteiger partial charge in [0.15, 0.2) is 6.10 Å². The van der Waals surface area contributed by atoms with Crippen LogP contribution in [0.1, 0.15) is 12.5 Å². The van der Waals surface area contributed by atoms with Gasteiger partial charge in [-0.3, -0.25) is 9.78 Å². The van der Waals surface area contributed by atoms with E-state index in [-0.39, 0.29) is 5.91 Å². The third-order valence-electron chi connectivity index (χ3n) is 3.53. The summed E-state index contributed by atoms with van der Waals surface area (Å²) in [6.45, 7) is 3.71. The molecule has 116 valence electrons. The topological polar surface area (TPSA) is 51.2 Å². The number of aromatic nitrogens is 1. The summed E-state index contributed by atoms with van der Waals surface area (Å²) in [7, 11) is 0. The average molecular weight is 306 g/mol. The predicted molar refractivity (Wildman–Crippen MR) is 91.6 cm³/mol. The van der Waals surface area contributed by atoms with E-state index in [0.717, 1.165) is 16.5 Å². The number of carbonyl (C=O) groups excluding carboxylic acids is 1. The fourth-order valence-corrected chi connectivity index (χ4v) is 2.33. The number of amides is 1. The van der Waals surface area contributed by atoms with Crippen LogP contribution >= 0.6 is 0 Å². The normalized spacial score (nSPS) is 11.9. The van der Waals surface area contributed by atoms with E-state index < -0.39 is 6.10 Å². The Morgan fingerprint density at radius 3 is 2.78 bits per heavy atom. The van der Waals surface area contributed by atoms with E-state index >= 15 is 0 Å². The van der Waals surface area contributed by atoms with Gasteiger partial charge < -0.3 is 10.1 Å². The lowest BCUT2D eigenvalue weighted by atomic mass is 10.2. The fraction of sp³-hybridized carbons (Fsp3) is 0.158. The van der Waals surface area contributed by atoms with Gasteiger partial charge >= 0.3 is 0 Å². The summed E-state index contributed by atoms with van der Waals surface area (Å²) < 4.78 is 5.68. The van der Waals surface area contributed by atoms with Gasteiger partial charge in [0.2, 0.25) is 0 Å². The number of rotatable bonds is 4. The minimum Gasteiger partial charge on any atom is -0.481 e. The van der Waals surface area contributed by atoms with Gasteiger partial charge in [0, 0.05) is 5.39 Å². The fourth-order valence-electron chi connectivity index (χ4n) is 2.33. The summed E-state index contributed by atoms with van der Waals surface area (Å²) in [5.74, 6) is 0.480. The standard InChI is InChI=1S/C19H18N2O2/c1-13-6-5-8-17(10-13)23-14(2)19(22)21-16-11-15-7-3-4-9-18(15)20-12-16/h3-12,14H,1-2H3,(H,21,22). The van der Waals surface area contributed by atoms with Crippen LogP contribution in [0.15, 0.2) is 60.8 Å². The molecule has 3 rings (SSSR count). The number of benzene rings is 2. The number of carbonyl (C=O) groups is 1. The third-order valence-corrected chi connectivity index (χ3v) is 3.53. The monoisotopic (exact) mass is 306 g/mol. The van der Waals surface area contributed by atoms with Crippen molar-refractivity contribution in [2.45, 2.75) is 20.0 Å². The number of anilines is 1. The highest BCUT2D eigenvalue weighted by Gasteiger charge is 2.15. The van der Waals surface area contributed by atoms with Gasteiger partial charge in [-0.2, -0.15) is 0 Å². The smallest absolute Gasteiger partial charge is 0.265 e. The highest BCUT2D eigenvalue weighted by Crippen LogP contribution is 2.18. The zero-order valence-electron chi connectivity index (χ0n) is 13.1.